The summed E-state index contributed by atoms with van der Waals surface area (Å²) in [6.45, 7) is 11.6. The standard InChI is InChI=1S/C12H28N2O/c1-4-7-13-11-12(3)14-8-6-10-15-9-5-2/h12-14H,4-11H2,1-3H3. The van der Waals surface area contributed by atoms with Crippen LogP contribution in [0.1, 0.15) is 40.0 Å². The normalized spacial score (nSPS) is 13.0. The molecule has 3 nitrogen and oxygen atoms in total. The van der Waals surface area contributed by atoms with E-state index in [-0.39, 0.29) is 0 Å². The summed E-state index contributed by atoms with van der Waals surface area (Å²) in [5.74, 6) is 0. The Hall–Kier alpha value is -0.120. The van der Waals surface area contributed by atoms with Gasteiger partial charge in [-0.15, -0.1) is 0 Å². The molecule has 0 saturated carbocycles. The van der Waals surface area contributed by atoms with Gasteiger partial charge in [0.1, 0.15) is 0 Å². The van der Waals surface area contributed by atoms with Gasteiger partial charge < -0.3 is 15.4 Å². The van der Waals surface area contributed by atoms with Crippen molar-refractivity contribution >= 4 is 0 Å². The lowest BCUT2D eigenvalue weighted by molar-refractivity contribution is 0.131. The molecule has 0 bridgehead atoms. The molecule has 92 valence electrons. The summed E-state index contributed by atoms with van der Waals surface area (Å²) < 4.78 is 5.41. The van der Waals surface area contributed by atoms with Crippen LogP contribution in [-0.2, 0) is 4.74 Å². The molecule has 2 N–H and O–H groups in total. The molecule has 15 heavy (non-hydrogen) atoms. The fraction of sp³-hybridized carbons (Fsp3) is 1.00. The third-order valence-electron chi connectivity index (χ3n) is 2.18. The van der Waals surface area contributed by atoms with Gasteiger partial charge in [0.05, 0.1) is 0 Å². The van der Waals surface area contributed by atoms with Crippen LogP contribution in [0.2, 0.25) is 0 Å². The number of nitrogens with one attached hydrogen (secondary N) is 2. The maximum absolute atomic E-state index is 5.41. The van der Waals surface area contributed by atoms with Crippen molar-refractivity contribution in [1.82, 2.24) is 10.6 Å². The summed E-state index contributed by atoms with van der Waals surface area (Å²) in [5, 5.41) is 6.88. The first kappa shape index (κ1) is 14.9. The van der Waals surface area contributed by atoms with Gasteiger partial charge in [-0.2, -0.15) is 0 Å². The lowest BCUT2D eigenvalue weighted by Gasteiger charge is -2.14. The zero-order valence-electron chi connectivity index (χ0n) is 10.6. The monoisotopic (exact) mass is 216 g/mol. The molecule has 0 heterocycles. The van der Waals surface area contributed by atoms with Gasteiger partial charge in [0.2, 0.25) is 0 Å². The van der Waals surface area contributed by atoms with Crippen LogP contribution in [-0.4, -0.2) is 38.9 Å². The van der Waals surface area contributed by atoms with Gasteiger partial charge in [-0.1, -0.05) is 13.8 Å². The minimum Gasteiger partial charge on any atom is -0.381 e. The minimum atomic E-state index is 0.558. The smallest absolute Gasteiger partial charge is 0.0478 e. The first-order chi connectivity index (χ1) is 7.31. The predicted molar refractivity (Wildman–Crippen MR) is 66.4 cm³/mol. The molecule has 0 aromatic heterocycles. The van der Waals surface area contributed by atoms with Crippen molar-refractivity contribution in [3.63, 3.8) is 0 Å². The second-order valence-corrected chi connectivity index (χ2v) is 4.03. The molecule has 0 aliphatic heterocycles. The Morgan fingerprint density at radius 2 is 1.87 bits per heavy atom. The van der Waals surface area contributed by atoms with E-state index in [1.165, 1.54) is 6.42 Å². The molecular weight excluding hydrogens is 188 g/mol. The highest BCUT2D eigenvalue weighted by Gasteiger charge is 1.98. The molecule has 0 aliphatic rings. The summed E-state index contributed by atoms with van der Waals surface area (Å²) in [6.07, 6.45) is 3.43. The molecule has 0 radical (unpaired) electrons. The molecule has 0 aliphatic carbocycles. The zero-order valence-corrected chi connectivity index (χ0v) is 10.6. The van der Waals surface area contributed by atoms with E-state index in [1.54, 1.807) is 0 Å². The van der Waals surface area contributed by atoms with Gasteiger partial charge >= 0.3 is 0 Å². The van der Waals surface area contributed by atoms with Gasteiger partial charge in [0.25, 0.3) is 0 Å². The van der Waals surface area contributed by atoms with E-state index >= 15 is 0 Å². The van der Waals surface area contributed by atoms with Crippen LogP contribution in [0.5, 0.6) is 0 Å². The van der Waals surface area contributed by atoms with E-state index in [4.69, 9.17) is 4.74 Å². The highest BCUT2D eigenvalue weighted by molar-refractivity contribution is 4.63. The van der Waals surface area contributed by atoms with Crippen molar-refractivity contribution in [1.29, 1.82) is 0 Å². The Morgan fingerprint density at radius 1 is 1.07 bits per heavy atom. The van der Waals surface area contributed by atoms with Gasteiger partial charge in [-0.25, -0.2) is 0 Å². The summed E-state index contributed by atoms with van der Waals surface area (Å²) in [4.78, 5) is 0. The molecule has 0 saturated heterocycles. The van der Waals surface area contributed by atoms with Crippen LogP contribution in [0.4, 0.5) is 0 Å². The Morgan fingerprint density at radius 3 is 2.53 bits per heavy atom. The van der Waals surface area contributed by atoms with Crippen LogP contribution in [0.25, 0.3) is 0 Å². The minimum absolute atomic E-state index is 0.558. The summed E-state index contributed by atoms with van der Waals surface area (Å²) >= 11 is 0. The zero-order chi connectivity index (χ0) is 11.4. The topological polar surface area (TPSA) is 33.3 Å². The highest BCUT2D eigenvalue weighted by atomic mass is 16.5. The van der Waals surface area contributed by atoms with Crippen LogP contribution >= 0.6 is 0 Å². The van der Waals surface area contributed by atoms with Crippen molar-refractivity contribution in [2.45, 2.75) is 46.1 Å². The molecular formula is C12H28N2O. The van der Waals surface area contributed by atoms with Crippen LogP contribution in [0, 0.1) is 0 Å². The Balaban J connectivity index is 3.06. The Kier molecular flexibility index (Phi) is 11.9. The highest BCUT2D eigenvalue weighted by Crippen LogP contribution is 1.86. The lowest BCUT2D eigenvalue weighted by atomic mass is 10.3. The second-order valence-electron chi connectivity index (χ2n) is 4.03. The van der Waals surface area contributed by atoms with Gasteiger partial charge in [0, 0.05) is 25.8 Å². The summed E-state index contributed by atoms with van der Waals surface area (Å²) in [7, 11) is 0. The molecule has 0 aromatic carbocycles. The quantitative estimate of drug-likeness (QED) is 0.517. The SMILES string of the molecule is CCCNCC(C)NCCCOCCC. The average Bonchev–Trinajstić information content (AvgIpc) is 2.23. The van der Waals surface area contributed by atoms with E-state index in [2.05, 4.69) is 31.4 Å². The van der Waals surface area contributed by atoms with Gasteiger partial charge in [-0.05, 0) is 39.3 Å². The van der Waals surface area contributed by atoms with E-state index in [1.807, 2.05) is 0 Å². The first-order valence-electron chi connectivity index (χ1n) is 6.33. The molecule has 0 spiro atoms. The molecule has 0 fully saturated rings. The fourth-order valence-electron chi connectivity index (χ4n) is 1.34. The average molecular weight is 216 g/mol. The van der Waals surface area contributed by atoms with Crippen molar-refractivity contribution in [3.05, 3.63) is 0 Å². The van der Waals surface area contributed by atoms with Crippen molar-refractivity contribution in [2.24, 2.45) is 0 Å². The van der Waals surface area contributed by atoms with E-state index in [9.17, 15) is 0 Å². The molecule has 1 unspecified atom stereocenters. The third-order valence-corrected chi connectivity index (χ3v) is 2.18. The van der Waals surface area contributed by atoms with Crippen LogP contribution in [0.15, 0.2) is 0 Å². The molecule has 0 aromatic rings. The predicted octanol–water partition coefficient (Wildman–Crippen LogP) is 1.78. The van der Waals surface area contributed by atoms with Gasteiger partial charge in [-0.3, -0.25) is 0 Å². The Labute approximate surface area is 95.0 Å². The van der Waals surface area contributed by atoms with Crippen molar-refractivity contribution in [2.75, 3.05) is 32.8 Å². The van der Waals surface area contributed by atoms with Crippen molar-refractivity contribution in [3.8, 4) is 0 Å². The molecule has 1 atom stereocenters. The Bertz CT molecular complexity index is 120. The number of ether oxygens (including phenoxy) is 1. The van der Waals surface area contributed by atoms with Crippen LogP contribution in [0.3, 0.4) is 0 Å². The van der Waals surface area contributed by atoms with Crippen LogP contribution < -0.4 is 10.6 Å². The summed E-state index contributed by atoms with van der Waals surface area (Å²) in [6, 6.07) is 0.558. The number of hydrogen-bond acceptors (Lipinski definition) is 3. The maximum Gasteiger partial charge on any atom is 0.0478 e. The number of rotatable bonds is 11. The fourth-order valence-corrected chi connectivity index (χ4v) is 1.34. The third kappa shape index (κ3) is 11.8. The van der Waals surface area contributed by atoms with Gasteiger partial charge in [0.15, 0.2) is 0 Å². The molecule has 0 rings (SSSR count). The van der Waals surface area contributed by atoms with E-state index < -0.39 is 0 Å². The molecule has 0 amide bonds. The maximum atomic E-state index is 5.41. The number of hydrogen-bond donors (Lipinski definition) is 2. The molecule has 3 heteroatoms. The van der Waals surface area contributed by atoms with E-state index in [0.717, 1.165) is 45.7 Å². The largest absolute Gasteiger partial charge is 0.381 e. The lowest BCUT2D eigenvalue weighted by Crippen LogP contribution is -2.37. The first-order valence-corrected chi connectivity index (χ1v) is 6.33. The van der Waals surface area contributed by atoms with E-state index in [0.29, 0.717) is 6.04 Å². The second kappa shape index (κ2) is 12.0. The van der Waals surface area contributed by atoms with Crippen molar-refractivity contribution < 1.29 is 4.74 Å². The summed E-state index contributed by atoms with van der Waals surface area (Å²) in [5.41, 5.74) is 0.